The predicted molar refractivity (Wildman–Crippen MR) is 57.2 cm³/mol. The van der Waals surface area contributed by atoms with Gasteiger partial charge in [0.25, 0.3) is 0 Å². The summed E-state index contributed by atoms with van der Waals surface area (Å²) in [6.07, 6.45) is -3.47. The Kier molecular flexibility index (Phi) is 4.64. The molecule has 0 aliphatic heterocycles. The van der Waals surface area contributed by atoms with Crippen molar-refractivity contribution < 1.29 is 23.1 Å². The van der Waals surface area contributed by atoms with Gasteiger partial charge in [0.05, 0.1) is 10.0 Å². The van der Waals surface area contributed by atoms with Crippen molar-refractivity contribution in [3.8, 4) is 0 Å². The van der Waals surface area contributed by atoms with Crippen LogP contribution in [0, 0.1) is 5.92 Å². The fourth-order valence-electron chi connectivity index (χ4n) is 0.922. The summed E-state index contributed by atoms with van der Waals surface area (Å²) in [6, 6.07) is 2.91. The van der Waals surface area contributed by atoms with Crippen molar-refractivity contribution in [1.82, 2.24) is 4.98 Å². The van der Waals surface area contributed by atoms with E-state index in [1.165, 1.54) is 18.3 Å². The second kappa shape index (κ2) is 5.59. The Morgan fingerprint density at radius 1 is 1.53 bits per heavy atom. The molecule has 0 saturated heterocycles. The van der Waals surface area contributed by atoms with Crippen molar-refractivity contribution in [2.24, 2.45) is 5.92 Å². The van der Waals surface area contributed by atoms with Crippen molar-refractivity contribution in [3.05, 3.63) is 23.4 Å². The van der Waals surface area contributed by atoms with Crippen molar-refractivity contribution in [1.29, 1.82) is 0 Å². The number of hydrogen-bond donors (Lipinski definition) is 1. The minimum atomic E-state index is -4.76. The van der Waals surface area contributed by atoms with E-state index in [4.69, 9.17) is 16.7 Å². The van der Waals surface area contributed by atoms with E-state index in [0.29, 0.717) is 10.0 Å². The third-order valence-electron chi connectivity index (χ3n) is 1.79. The van der Waals surface area contributed by atoms with E-state index in [0.717, 1.165) is 11.8 Å². The number of halogens is 4. The van der Waals surface area contributed by atoms with Crippen molar-refractivity contribution in [2.45, 2.75) is 11.2 Å². The zero-order valence-corrected chi connectivity index (χ0v) is 9.81. The fraction of sp³-hybridized carbons (Fsp3) is 0.333. The summed E-state index contributed by atoms with van der Waals surface area (Å²) in [5, 5.41) is 9.11. The molecule has 1 unspecified atom stereocenters. The highest BCUT2D eigenvalue weighted by Gasteiger charge is 2.44. The van der Waals surface area contributed by atoms with Gasteiger partial charge in [0.2, 0.25) is 0 Å². The Balaban J connectivity index is 2.65. The fourth-order valence-corrected chi connectivity index (χ4v) is 1.99. The van der Waals surface area contributed by atoms with Crippen LogP contribution in [0.4, 0.5) is 13.2 Å². The molecule has 1 heterocycles. The molecule has 1 atom stereocenters. The third kappa shape index (κ3) is 4.43. The first-order valence-corrected chi connectivity index (χ1v) is 5.71. The predicted octanol–water partition coefficient (Wildman–Crippen LogP) is 3.09. The molecular formula is C9H7ClF3NO2S. The van der Waals surface area contributed by atoms with Gasteiger partial charge >= 0.3 is 12.1 Å². The number of pyridine rings is 1. The van der Waals surface area contributed by atoms with Gasteiger partial charge in [-0.2, -0.15) is 13.2 Å². The number of carboxylic acids is 1. The molecule has 0 fully saturated rings. The lowest BCUT2D eigenvalue weighted by Crippen LogP contribution is -2.32. The lowest BCUT2D eigenvalue weighted by molar-refractivity contribution is -0.188. The van der Waals surface area contributed by atoms with Gasteiger partial charge in [-0.05, 0) is 12.1 Å². The van der Waals surface area contributed by atoms with E-state index in [9.17, 15) is 18.0 Å². The first kappa shape index (κ1) is 14.1. The zero-order chi connectivity index (χ0) is 13.1. The van der Waals surface area contributed by atoms with Crippen molar-refractivity contribution >= 4 is 29.3 Å². The largest absolute Gasteiger partial charge is 0.481 e. The summed E-state index contributed by atoms with van der Waals surface area (Å²) < 4.78 is 36.9. The summed E-state index contributed by atoms with van der Waals surface area (Å²) in [4.78, 5) is 14.2. The van der Waals surface area contributed by atoms with Gasteiger partial charge in [-0.3, -0.25) is 4.79 Å². The van der Waals surface area contributed by atoms with Crippen LogP contribution < -0.4 is 0 Å². The maximum absolute atomic E-state index is 12.3. The molecule has 94 valence electrons. The second-order valence-corrected chi connectivity index (χ2v) is 4.53. The van der Waals surface area contributed by atoms with Crippen LogP contribution in [0.25, 0.3) is 0 Å². The Morgan fingerprint density at radius 2 is 2.18 bits per heavy atom. The van der Waals surface area contributed by atoms with Crippen LogP contribution in [0.15, 0.2) is 23.4 Å². The molecule has 0 aliphatic carbocycles. The number of aromatic nitrogens is 1. The number of aliphatic carboxylic acids is 1. The molecule has 1 N–H and O–H groups in total. The average molecular weight is 286 g/mol. The van der Waals surface area contributed by atoms with Gasteiger partial charge in [0.1, 0.15) is 0 Å². The number of thioether (sulfide) groups is 1. The number of carbonyl (C=O) groups is 1. The highest BCUT2D eigenvalue weighted by Crippen LogP contribution is 2.31. The zero-order valence-electron chi connectivity index (χ0n) is 8.24. The average Bonchev–Trinajstić information content (AvgIpc) is 2.18. The van der Waals surface area contributed by atoms with E-state index in [-0.39, 0.29) is 0 Å². The summed E-state index contributed by atoms with van der Waals surface area (Å²) in [5.41, 5.74) is 0. The topological polar surface area (TPSA) is 50.2 Å². The molecule has 0 saturated carbocycles. The Morgan fingerprint density at radius 3 is 2.59 bits per heavy atom. The van der Waals surface area contributed by atoms with Crippen LogP contribution >= 0.6 is 23.4 Å². The van der Waals surface area contributed by atoms with E-state index in [2.05, 4.69) is 4.98 Å². The minimum absolute atomic E-state index is 0.296. The Labute approximate surface area is 104 Å². The molecule has 1 rings (SSSR count). The smallest absolute Gasteiger partial charge is 0.403 e. The molecule has 0 spiro atoms. The van der Waals surface area contributed by atoms with E-state index in [1.54, 1.807) is 0 Å². The van der Waals surface area contributed by atoms with Crippen LogP contribution in [-0.4, -0.2) is 28.0 Å². The monoisotopic (exact) mass is 285 g/mol. The normalized spacial score (nSPS) is 13.4. The first-order chi connectivity index (χ1) is 7.80. The van der Waals surface area contributed by atoms with Gasteiger partial charge in [-0.25, -0.2) is 4.98 Å². The highest BCUT2D eigenvalue weighted by molar-refractivity contribution is 7.99. The lowest BCUT2D eigenvalue weighted by Gasteiger charge is -2.14. The van der Waals surface area contributed by atoms with Crippen molar-refractivity contribution in [2.75, 3.05) is 5.75 Å². The molecule has 8 heteroatoms. The highest BCUT2D eigenvalue weighted by atomic mass is 35.5. The maximum Gasteiger partial charge on any atom is 0.403 e. The SMILES string of the molecule is O=C(O)C(CSc1ccc(Cl)cn1)C(F)(F)F. The number of rotatable bonds is 4. The van der Waals surface area contributed by atoms with Gasteiger partial charge in [-0.15, -0.1) is 11.8 Å². The van der Waals surface area contributed by atoms with Crippen LogP contribution in [0.2, 0.25) is 5.02 Å². The number of hydrogen-bond acceptors (Lipinski definition) is 3. The van der Waals surface area contributed by atoms with Gasteiger partial charge in [0, 0.05) is 11.9 Å². The third-order valence-corrected chi connectivity index (χ3v) is 3.05. The van der Waals surface area contributed by atoms with Crippen LogP contribution in [0.3, 0.4) is 0 Å². The molecule has 1 aromatic heterocycles. The Bertz CT molecular complexity index is 396. The van der Waals surface area contributed by atoms with Gasteiger partial charge in [-0.1, -0.05) is 11.6 Å². The molecule has 0 aromatic carbocycles. The molecule has 17 heavy (non-hydrogen) atoms. The van der Waals surface area contributed by atoms with Crippen LogP contribution in [-0.2, 0) is 4.79 Å². The van der Waals surface area contributed by atoms with Crippen LogP contribution in [0.5, 0.6) is 0 Å². The number of alkyl halides is 3. The van der Waals surface area contributed by atoms with Gasteiger partial charge in [0.15, 0.2) is 5.92 Å². The molecule has 1 aromatic rings. The number of carboxylic acid groups (broad SMARTS) is 1. The second-order valence-electron chi connectivity index (χ2n) is 3.06. The minimum Gasteiger partial charge on any atom is -0.481 e. The summed E-state index contributed by atoms with van der Waals surface area (Å²) in [5.74, 6) is -4.91. The summed E-state index contributed by atoms with van der Waals surface area (Å²) in [6.45, 7) is 0. The van der Waals surface area contributed by atoms with Crippen molar-refractivity contribution in [3.63, 3.8) is 0 Å². The van der Waals surface area contributed by atoms with E-state index in [1.807, 2.05) is 0 Å². The van der Waals surface area contributed by atoms with E-state index >= 15 is 0 Å². The first-order valence-electron chi connectivity index (χ1n) is 4.34. The maximum atomic E-state index is 12.3. The van der Waals surface area contributed by atoms with Gasteiger partial charge < -0.3 is 5.11 Å². The number of nitrogens with zero attached hydrogens (tertiary/aromatic N) is 1. The molecule has 0 aliphatic rings. The Hall–Kier alpha value is -0.950. The standard InChI is InChI=1S/C9H7ClF3NO2S/c10-5-1-2-7(14-3-5)17-4-6(8(15)16)9(11,12)13/h1-3,6H,4H2,(H,15,16). The molecule has 0 radical (unpaired) electrons. The lowest BCUT2D eigenvalue weighted by atomic mass is 10.2. The summed E-state index contributed by atoms with van der Waals surface area (Å²) in [7, 11) is 0. The molecule has 3 nitrogen and oxygen atoms in total. The molecule has 0 bridgehead atoms. The molecule has 0 amide bonds. The molecular weight excluding hydrogens is 279 g/mol. The quantitative estimate of drug-likeness (QED) is 0.864. The van der Waals surface area contributed by atoms with Crippen LogP contribution in [0.1, 0.15) is 0 Å². The summed E-state index contributed by atoms with van der Waals surface area (Å²) >= 11 is 6.27. The van der Waals surface area contributed by atoms with E-state index < -0.39 is 23.8 Å².